The predicted molar refractivity (Wildman–Crippen MR) is 90.2 cm³/mol. The number of sulfone groups is 1. The minimum absolute atomic E-state index is 0.115. The molecule has 1 aromatic carbocycles. The molecule has 1 heterocycles. The zero-order valence-electron chi connectivity index (χ0n) is 13.0. The van der Waals surface area contributed by atoms with Gasteiger partial charge < -0.3 is 5.32 Å². The van der Waals surface area contributed by atoms with Gasteiger partial charge in [-0.3, -0.25) is 4.79 Å². The standard InChI is InChI=1S/C15H19N3O3S2/c1-11(2)10-14-17-18-15(22-14)16-13(19)8-9-23(20,21)12-6-4-3-5-7-12/h3-7,11H,8-10H2,1-2H3,(H,16,18,19). The second-order valence-corrected chi connectivity index (χ2v) is 8.70. The fourth-order valence-electron chi connectivity index (χ4n) is 1.89. The van der Waals surface area contributed by atoms with Gasteiger partial charge in [0.1, 0.15) is 5.01 Å². The Kier molecular flexibility index (Phi) is 5.84. The molecule has 2 aromatic rings. The molecule has 0 aliphatic heterocycles. The first kappa shape index (κ1) is 17.6. The lowest BCUT2D eigenvalue weighted by molar-refractivity contribution is -0.115. The first-order valence-electron chi connectivity index (χ1n) is 7.27. The van der Waals surface area contributed by atoms with Crippen LogP contribution in [0.2, 0.25) is 0 Å². The van der Waals surface area contributed by atoms with E-state index in [1.807, 2.05) is 0 Å². The van der Waals surface area contributed by atoms with Crippen LogP contribution in [0.4, 0.5) is 5.13 Å². The van der Waals surface area contributed by atoms with Crippen LogP contribution in [0.1, 0.15) is 25.3 Å². The molecule has 1 N–H and O–H groups in total. The molecular formula is C15H19N3O3S2. The molecule has 1 amide bonds. The van der Waals surface area contributed by atoms with Crippen molar-refractivity contribution < 1.29 is 13.2 Å². The smallest absolute Gasteiger partial charge is 0.227 e. The molecule has 0 bridgehead atoms. The van der Waals surface area contributed by atoms with E-state index < -0.39 is 9.84 Å². The van der Waals surface area contributed by atoms with Gasteiger partial charge in [-0.05, 0) is 18.1 Å². The fraction of sp³-hybridized carbons (Fsp3) is 0.400. The number of hydrogen-bond donors (Lipinski definition) is 1. The van der Waals surface area contributed by atoms with E-state index in [-0.39, 0.29) is 23.0 Å². The third-order valence-corrected chi connectivity index (χ3v) is 5.59. The van der Waals surface area contributed by atoms with Crippen LogP contribution in [-0.4, -0.2) is 30.3 Å². The minimum atomic E-state index is -3.45. The van der Waals surface area contributed by atoms with Gasteiger partial charge in [0, 0.05) is 12.8 Å². The molecule has 0 saturated heterocycles. The lowest BCUT2D eigenvalue weighted by Crippen LogP contribution is -2.17. The number of rotatable bonds is 7. The van der Waals surface area contributed by atoms with E-state index in [9.17, 15) is 13.2 Å². The van der Waals surface area contributed by atoms with Crippen molar-refractivity contribution in [1.29, 1.82) is 0 Å². The average molecular weight is 353 g/mol. The van der Waals surface area contributed by atoms with Gasteiger partial charge in [-0.2, -0.15) is 0 Å². The first-order chi connectivity index (χ1) is 10.9. The normalized spacial score (nSPS) is 11.6. The summed E-state index contributed by atoms with van der Waals surface area (Å²) in [4.78, 5) is 12.1. The monoisotopic (exact) mass is 353 g/mol. The summed E-state index contributed by atoms with van der Waals surface area (Å²) < 4.78 is 24.2. The van der Waals surface area contributed by atoms with Gasteiger partial charge in [-0.25, -0.2) is 8.42 Å². The van der Waals surface area contributed by atoms with Crippen LogP contribution in [0.5, 0.6) is 0 Å². The Morgan fingerprint density at radius 3 is 2.57 bits per heavy atom. The van der Waals surface area contributed by atoms with Crippen LogP contribution >= 0.6 is 11.3 Å². The van der Waals surface area contributed by atoms with Crippen molar-refractivity contribution in [1.82, 2.24) is 10.2 Å². The summed E-state index contributed by atoms with van der Waals surface area (Å²) in [5, 5.41) is 11.8. The molecule has 0 unspecified atom stereocenters. The predicted octanol–water partition coefficient (Wildman–Crippen LogP) is 2.54. The molecule has 0 radical (unpaired) electrons. The Bertz CT molecular complexity index is 755. The molecule has 0 atom stereocenters. The van der Waals surface area contributed by atoms with E-state index in [0.29, 0.717) is 11.0 Å². The van der Waals surface area contributed by atoms with Gasteiger partial charge in [0.25, 0.3) is 0 Å². The zero-order valence-corrected chi connectivity index (χ0v) is 14.7. The topological polar surface area (TPSA) is 89.0 Å². The van der Waals surface area contributed by atoms with E-state index in [0.717, 1.165) is 11.4 Å². The molecule has 0 saturated carbocycles. The highest BCUT2D eigenvalue weighted by Crippen LogP contribution is 2.18. The molecule has 2 rings (SSSR count). The van der Waals surface area contributed by atoms with E-state index >= 15 is 0 Å². The van der Waals surface area contributed by atoms with Gasteiger partial charge in [0.05, 0.1) is 10.6 Å². The van der Waals surface area contributed by atoms with Crippen molar-refractivity contribution >= 4 is 32.2 Å². The number of benzene rings is 1. The largest absolute Gasteiger partial charge is 0.301 e. The third kappa shape index (κ3) is 5.40. The Morgan fingerprint density at radius 1 is 1.22 bits per heavy atom. The van der Waals surface area contributed by atoms with Crippen LogP contribution in [0.15, 0.2) is 35.2 Å². The number of nitrogens with zero attached hydrogens (tertiary/aromatic N) is 2. The van der Waals surface area contributed by atoms with Crippen LogP contribution in [-0.2, 0) is 21.1 Å². The summed E-state index contributed by atoms with van der Waals surface area (Å²) in [6.07, 6.45) is 0.687. The van der Waals surface area contributed by atoms with E-state index in [1.54, 1.807) is 18.2 Å². The summed E-state index contributed by atoms with van der Waals surface area (Å²) >= 11 is 1.32. The fourth-order valence-corrected chi connectivity index (χ4v) is 4.12. The summed E-state index contributed by atoms with van der Waals surface area (Å²) in [7, 11) is -3.45. The molecule has 8 heteroatoms. The lowest BCUT2D eigenvalue weighted by atomic mass is 10.1. The van der Waals surface area contributed by atoms with Crippen molar-refractivity contribution in [2.75, 3.05) is 11.1 Å². The lowest BCUT2D eigenvalue weighted by Gasteiger charge is -2.04. The van der Waals surface area contributed by atoms with Gasteiger partial charge in [-0.1, -0.05) is 43.4 Å². The summed E-state index contributed by atoms with van der Waals surface area (Å²) in [5.74, 6) is -0.153. The van der Waals surface area contributed by atoms with E-state index in [4.69, 9.17) is 0 Å². The molecule has 0 aliphatic rings. The summed E-state index contributed by atoms with van der Waals surface area (Å²) in [5.41, 5.74) is 0. The second-order valence-electron chi connectivity index (χ2n) is 5.53. The van der Waals surface area contributed by atoms with Crippen LogP contribution in [0, 0.1) is 5.92 Å². The van der Waals surface area contributed by atoms with Gasteiger partial charge in [0.2, 0.25) is 11.0 Å². The first-order valence-corrected chi connectivity index (χ1v) is 9.74. The second kappa shape index (κ2) is 7.65. The Hall–Kier alpha value is -1.80. The van der Waals surface area contributed by atoms with Crippen molar-refractivity contribution in [2.24, 2.45) is 5.92 Å². The highest BCUT2D eigenvalue weighted by Gasteiger charge is 2.17. The highest BCUT2D eigenvalue weighted by molar-refractivity contribution is 7.91. The maximum absolute atomic E-state index is 12.1. The van der Waals surface area contributed by atoms with Crippen molar-refractivity contribution in [3.05, 3.63) is 35.3 Å². The van der Waals surface area contributed by atoms with Crippen molar-refractivity contribution in [2.45, 2.75) is 31.6 Å². The molecule has 0 fully saturated rings. The number of aromatic nitrogens is 2. The molecule has 124 valence electrons. The van der Waals surface area contributed by atoms with E-state index in [2.05, 4.69) is 29.4 Å². The quantitative estimate of drug-likeness (QED) is 0.826. The number of anilines is 1. The maximum atomic E-state index is 12.1. The number of carbonyl (C=O) groups is 1. The van der Waals surface area contributed by atoms with Crippen LogP contribution in [0.3, 0.4) is 0 Å². The average Bonchev–Trinajstić information content (AvgIpc) is 2.92. The van der Waals surface area contributed by atoms with Gasteiger partial charge in [0.15, 0.2) is 9.84 Å². The zero-order chi connectivity index (χ0) is 16.9. The molecule has 23 heavy (non-hydrogen) atoms. The number of carbonyl (C=O) groups excluding carboxylic acids is 1. The highest BCUT2D eigenvalue weighted by atomic mass is 32.2. The Balaban J connectivity index is 1.89. The molecule has 6 nitrogen and oxygen atoms in total. The summed E-state index contributed by atoms with van der Waals surface area (Å²) in [6, 6.07) is 8.11. The molecule has 0 spiro atoms. The number of amides is 1. The van der Waals surface area contributed by atoms with Crippen molar-refractivity contribution in [3.63, 3.8) is 0 Å². The third-order valence-electron chi connectivity index (χ3n) is 3.00. The Morgan fingerprint density at radius 2 is 1.91 bits per heavy atom. The SMILES string of the molecule is CC(C)Cc1nnc(NC(=O)CCS(=O)(=O)c2ccccc2)s1. The van der Waals surface area contributed by atoms with Gasteiger partial charge >= 0.3 is 0 Å². The maximum Gasteiger partial charge on any atom is 0.227 e. The minimum Gasteiger partial charge on any atom is -0.301 e. The summed E-state index contributed by atoms with van der Waals surface area (Å²) in [6.45, 7) is 4.15. The van der Waals surface area contributed by atoms with Crippen LogP contribution in [0.25, 0.3) is 0 Å². The number of nitrogens with one attached hydrogen (secondary N) is 1. The van der Waals surface area contributed by atoms with Crippen molar-refractivity contribution in [3.8, 4) is 0 Å². The molecule has 1 aromatic heterocycles. The molecule has 0 aliphatic carbocycles. The molecular weight excluding hydrogens is 334 g/mol. The number of hydrogen-bond acceptors (Lipinski definition) is 6. The van der Waals surface area contributed by atoms with Crippen LogP contribution < -0.4 is 5.32 Å². The Labute approximate surface area is 139 Å². The van der Waals surface area contributed by atoms with Gasteiger partial charge in [-0.15, -0.1) is 10.2 Å². The van der Waals surface area contributed by atoms with E-state index in [1.165, 1.54) is 23.5 Å².